The maximum atomic E-state index is 14.5. The highest BCUT2D eigenvalue weighted by Gasteiger charge is 2.34. The van der Waals surface area contributed by atoms with Crippen LogP contribution < -0.4 is 16.0 Å². The first-order chi connectivity index (χ1) is 17.0. The number of nitrogen functional groups attached to an aromatic ring is 1. The Morgan fingerprint density at radius 2 is 1.75 bits per heavy atom. The van der Waals surface area contributed by atoms with Gasteiger partial charge in [0.2, 0.25) is 5.95 Å². The summed E-state index contributed by atoms with van der Waals surface area (Å²) in [7, 11) is 1.54. The van der Waals surface area contributed by atoms with E-state index in [4.69, 9.17) is 5.73 Å². The molecule has 8 nitrogen and oxygen atoms in total. The van der Waals surface area contributed by atoms with E-state index in [0.29, 0.717) is 18.2 Å². The molecule has 1 aliphatic heterocycles. The van der Waals surface area contributed by atoms with E-state index in [-0.39, 0.29) is 29.4 Å². The van der Waals surface area contributed by atoms with Gasteiger partial charge < -0.3 is 16.0 Å². The summed E-state index contributed by atoms with van der Waals surface area (Å²) in [6.45, 7) is 0.555. The van der Waals surface area contributed by atoms with E-state index in [9.17, 15) is 27.2 Å². The van der Waals surface area contributed by atoms with Crippen LogP contribution in [0.1, 0.15) is 27.0 Å². The van der Waals surface area contributed by atoms with Gasteiger partial charge in [-0.2, -0.15) is 13.2 Å². The van der Waals surface area contributed by atoms with E-state index < -0.39 is 35.1 Å². The molecule has 0 saturated carbocycles. The maximum absolute atomic E-state index is 14.5. The zero-order valence-corrected chi connectivity index (χ0v) is 18.7. The molecule has 0 unspecified atom stereocenters. The van der Waals surface area contributed by atoms with Crippen molar-refractivity contribution in [3.63, 3.8) is 0 Å². The maximum Gasteiger partial charge on any atom is 0.416 e. The summed E-state index contributed by atoms with van der Waals surface area (Å²) < 4.78 is 54.6. The third-order valence-electron chi connectivity index (χ3n) is 5.31. The number of nitrogens with zero attached hydrogens (tertiary/aromatic N) is 4. The second kappa shape index (κ2) is 9.53. The number of hydrogen-bond donors (Lipinski definition) is 2. The van der Waals surface area contributed by atoms with Crippen molar-refractivity contribution < 1.29 is 27.2 Å². The molecule has 36 heavy (non-hydrogen) atoms. The number of hydrogen-bond acceptors (Lipinski definition) is 5. The van der Waals surface area contributed by atoms with Crippen molar-refractivity contribution in [3.05, 3.63) is 76.9 Å². The molecule has 3 N–H and O–H groups in total. The molecular formula is C24H18F4N6O2. The fourth-order valence-electron chi connectivity index (χ4n) is 3.43. The fraction of sp³-hybridized carbons (Fsp3) is 0.167. The number of halogens is 4. The lowest BCUT2D eigenvalue weighted by atomic mass is 10.1. The zero-order chi connectivity index (χ0) is 26.0. The number of alkyl halides is 3. The Morgan fingerprint density at radius 1 is 1.06 bits per heavy atom. The van der Waals surface area contributed by atoms with Crippen molar-refractivity contribution in [2.24, 2.45) is 0 Å². The van der Waals surface area contributed by atoms with E-state index in [2.05, 4.69) is 27.1 Å². The minimum atomic E-state index is -4.70. The van der Waals surface area contributed by atoms with Crippen LogP contribution in [0.25, 0.3) is 0 Å². The zero-order valence-electron chi connectivity index (χ0n) is 18.7. The molecule has 0 atom stereocenters. The van der Waals surface area contributed by atoms with Crippen LogP contribution in [0.2, 0.25) is 0 Å². The summed E-state index contributed by atoms with van der Waals surface area (Å²) in [5.74, 6) is 3.64. The SMILES string of the molecule is CN1CCN(c2ccc(C(F)(F)F)cc2NC(=O)c2cc(C#Cc3cnc(N)nc3)ccc2F)C1=O. The van der Waals surface area contributed by atoms with Crippen molar-refractivity contribution >= 4 is 29.3 Å². The molecule has 3 amide bonds. The predicted octanol–water partition coefficient (Wildman–Crippen LogP) is 3.74. The normalized spacial score (nSPS) is 13.4. The standard InChI is InChI=1S/C24H18F4N6O2/c1-33-8-9-34(23(33)36)20-7-5-16(24(26,27)28)11-19(20)32-21(35)17-10-14(4-6-18(17)25)2-3-15-12-30-22(29)31-13-15/h4-7,10-13H,8-9H2,1H3,(H,32,35)(H2,29,30,31). The summed E-state index contributed by atoms with van der Waals surface area (Å²) >= 11 is 0. The molecule has 1 saturated heterocycles. The molecule has 1 aromatic heterocycles. The molecule has 3 aromatic rings. The molecule has 184 valence electrons. The van der Waals surface area contributed by atoms with Gasteiger partial charge in [0.15, 0.2) is 0 Å². The van der Waals surface area contributed by atoms with Crippen LogP contribution in [-0.2, 0) is 6.18 Å². The number of urea groups is 1. The quantitative estimate of drug-likeness (QED) is 0.423. The van der Waals surface area contributed by atoms with Gasteiger partial charge in [0.05, 0.1) is 28.1 Å². The average Bonchev–Trinajstić information content (AvgIpc) is 3.16. The summed E-state index contributed by atoms with van der Waals surface area (Å²) in [6, 6.07) is 5.70. The van der Waals surface area contributed by atoms with Crippen molar-refractivity contribution in [2.75, 3.05) is 36.1 Å². The highest BCUT2D eigenvalue weighted by molar-refractivity contribution is 6.08. The average molecular weight is 498 g/mol. The lowest BCUT2D eigenvalue weighted by Crippen LogP contribution is -2.30. The topological polar surface area (TPSA) is 104 Å². The Kier molecular flexibility index (Phi) is 6.48. The Morgan fingerprint density at radius 3 is 2.39 bits per heavy atom. The number of amides is 3. The third kappa shape index (κ3) is 5.20. The van der Waals surface area contributed by atoms with Gasteiger partial charge in [0.1, 0.15) is 5.82 Å². The Labute approximate surface area is 202 Å². The molecular weight excluding hydrogens is 480 g/mol. The Balaban J connectivity index is 1.66. The number of carbonyl (C=O) groups excluding carboxylic acids is 2. The second-order valence-corrected chi connectivity index (χ2v) is 7.81. The van der Waals surface area contributed by atoms with Gasteiger partial charge in [-0.15, -0.1) is 0 Å². The number of rotatable bonds is 3. The number of nitrogens with one attached hydrogen (secondary N) is 1. The van der Waals surface area contributed by atoms with Crippen LogP contribution in [-0.4, -0.2) is 46.9 Å². The number of nitrogens with two attached hydrogens (primary N) is 1. The molecule has 0 bridgehead atoms. The highest BCUT2D eigenvalue weighted by Crippen LogP contribution is 2.36. The molecule has 0 radical (unpaired) electrons. The van der Waals surface area contributed by atoms with Gasteiger partial charge in [-0.3, -0.25) is 9.69 Å². The van der Waals surface area contributed by atoms with E-state index in [0.717, 1.165) is 24.3 Å². The number of likely N-dealkylation sites (N-methyl/N-ethyl adjacent to an activating group) is 1. The first-order valence-electron chi connectivity index (χ1n) is 10.5. The minimum Gasteiger partial charge on any atom is -0.368 e. The molecule has 12 heteroatoms. The number of carbonyl (C=O) groups is 2. The fourth-order valence-corrected chi connectivity index (χ4v) is 3.43. The van der Waals surface area contributed by atoms with Crippen LogP contribution in [0.15, 0.2) is 48.8 Å². The summed E-state index contributed by atoms with van der Waals surface area (Å²) in [5.41, 5.74) is 4.41. The molecule has 4 rings (SSSR count). The smallest absolute Gasteiger partial charge is 0.368 e. The van der Waals surface area contributed by atoms with Crippen molar-refractivity contribution in [2.45, 2.75) is 6.18 Å². The summed E-state index contributed by atoms with van der Waals surface area (Å²) in [6.07, 6.45) is -1.92. The van der Waals surface area contributed by atoms with Crippen LogP contribution in [0.4, 0.5) is 39.7 Å². The molecule has 0 aliphatic carbocycles. The van der Waals surface area contributed by atoms with Crippen molar-refractivity contribution in [3.8, 4) is 11.8 Å². The molecule has 2 heterocycles. The number of benzene rings is 2. The molecule has 0 spiro atoms. The minimum absolute atomic E-state index is 0.0606. The molecule has 1 fully saturated rings. The summed E-state index contributed by atoms with van der Waals surface area (Å²) in [4.78, 5) is 35.6. The van der Waals surface area contributed by atoms with Gasteiger partial charge in [-0.1, -0.05) is 11.8 Å². The highest BCUT2D eigenvalue weighted by atomic mass is 19.4. The van der Waals surface area contributed by atoms with E-state index in [1.54, 1.807) is 7.05 Å². The van der Waals surface area contributed by atoms with Crippen LogP contribution in [0.3, 0.4) is 0 Å². The molecule has 2 aromatic carbocycles. The number of aromatic nitrogens is 2. The van der Waals surface area contributed by atoms with E-state index >= 15 is 0 Å². The van der Waals surface area contributed by atoms with Gasteiger partial charge in [-0.25, -0.2) is 19.2 Å². The predicted molar refractivity (Wildman–Crippen MR) is 124 cm³/mol. The van der Waals surface area contributed by atoms with Crippen molar-refractivity contribution in [1.29, 1.82) is 0 Å². The van der Waals surface area contributed by atoms with Crippen LogP contribution in [0, 0.1) is 17.7 Å². The third-order valence-corrected chi connectivity index (χ3v) is 5.31. The summed E-state index contributed by atoms with van der Waals surface area (Å²) in [5, 5.41) is 2.33. The first-order valence-corrected chi connectivity index (χ1v) is 10.5. The Bertz CT molecular complexity index is 1400. The van der Waals surface area contributed by atoms with E-state index in [1.165, 1.54) is 28.3 Å². The lowest BCUT2D eigenvalue weighted by molar-refractivity contribution is -0.137. The van der Waals surface area contributed by atoms with Gasteiger partial charge in [-0.05, 0) is 36.4 Å². The largest absolute Gasteiger partial charge is 0.416 e. The van der Waals surface area contributed by atoms with Crippen LogP contribution in [0.5, 0.6) is 0 Å². The van der Waals surface area contributed by atoms with Crippen LogP contribution >= 0.6 is 0 Å². The monoisotopic (exact) mass is 498 g/mol. The van der Waals surface area contributed by atoms with E-state index in [1.807, 2.05) is 0 Å². The van der Waals surface area contributed by atoms with Gasteiger partial charge in [0.25, 0.3) is 5.91 Å². The lowest BCUT2D eigenvalue weighted by Gasteiger charge is -2.21. The Hall–Kier alpha value is -4.66. The molecule has 1 aliphatic rings. The first kappa shape index (κ1) is 24.5. The van der Waals surface area contributed by atoms with Gasteiger partial charge >= 0.3 is 12.2 Å². The van der Waals surface area contributed by atoms with Gasteiger partial charge in [0, 0.05) is 38.1 Å². The second-order valence-electron chi connectivity index (χ2n) is 7.81. The van der Waals surface area contributed by atoms with Crippen molar-refractivity contribution in [1.82, 2.24) is 14.9 Å². The number of anilines is 3.